The predicted molar refractivity (Wildman–Crippen MR) is 80.6 cm³/mol. The SMILES string of the molecule is C[C@@H](NC(=O)C1CCCCC1N)c1ccc(Br)cc1. The monoisotopic (exact) mass is 324 g/mol. The third kappa shape index (κ3) is 3.80. The zero-order valence-corrected chi connectivity index (χ0v) is 12.8. The molecule has 4 heteroatoms. The van der Waals surface area contributed by atoms with Gasteiger partial charge in [-0.1, -0.05) is 40.9 Å². The summed E-state index contributed by atoms with van der Waals surface area (Å²) < 4.78 is 1.05. The van der Waals surface area contributed by atoms with E-state index in [1.165, 1.54) is 0 Å². The maximum atomic E-state index is 12.3. The lowest BCUT2D eigenvalue weighted by Crippen LogP contribution is -2.44. The number of hydrogen-bond acceptors (Lipinski definition) is 2. The fraction of sp³-hybridized carbons (Fsp3) is 0.533. The molecule has 1 aliphatic rings. The molecule has 3 N–H and O–H groups in total. The van der Waals surface area contributed by atoms with E-state index in [1.807, 2.05) is 31.2 Å². The van der Waals surface area contributed by atoms with Crippen molar-refractivity contribution in [2.24, 2.45) is 11.7 Å². The first kappa shape index (κ1) is 14.5. The van der Waals surface area contributed by atoms with E-state index in [0.29, 0.717) is 0 Å². The number of halogens is 1. The largest absolute Gasteiger partial charge is 0.349 e. The first-order chi connectivity index (χ1) is 9.08. The summed E-state index contributed by atoms with van der Waals surface area (Å²) in [4.78, 5) is 12.3. The summed E-state index contributed by atoms with van der Waals surface area (Å²) in [5, 5.41) is 3.08. The van der Waals surface area contributed by atoms with Crippen molar-refractivity contribution >= 4 is 21.8 Å². The van der Waals surface area contributed by atoms with Crippen molar-refractivity contribution in [3.8, 4) is 0 Å². The Morgan fingerprint density at radius 2 is 1.95 bits per heavy atom. The lowest BCUT2D eigenvalue weighted by molar-refractivity contribution is -0.127. The molecule has 19 heavy (non-hydrogen) atoms. The van der Waals surface area contributed by atoms with Crippen molar-refractivity contribution in [2.75, 3.05) is 0 Å². The van der Waals surface area contributed by atoms with E-state index < -0.39 is 0 Å². The van der Waals surface area contributed by atoms with Crippen LogP contribution in [0.25, 0.3) is 0 Å². The van der Waals surface area contributed by atoms with E-state index in [-0.39, 0.29) is 23.9 Å². The second-order valence-corrected chi connectivity index (χ2v) is 6.25. The molecule has 0 spiro atoms. The molecule has 1 aromatic carbocycles. The minimum atomic E-state index is -0.0216. The molecule has 104 valence electrons. The van der Waals surface area contributed by atoms with Crippen LogP contribution in [0, 0.1) is 5.92 Å². The molecule has 1 saturated carbocycles. The normalized spacial score (nSPS) is 24.8. The summed E-state index contributed by atoms with van der Waals surface area (Å²) in [7, 11) is 0. The van der Waals surface area contributed by atoms with Gasteiger partial charge in [0.15, 0.2) is 0 Å². The van der Waals surface area contributed by atoms with Gasteiger partial charge in [0.1, 0.15) is 0 Å². The molecule has 1 fully saturated rings. The van der Waals surface area contributed by atoms with Gasteiger partial charge >= 0.3 is 0 Å². The Morgan fingerprint density at radius 1 is 1.32 bits per heavy atom. The zero-order chi connectivity index (χ0) is 13.8. The third-order valence-corrected chi connectivity index (χ3v) is 4.41. The van der Waals surface area contributed by atoms with Gasteiger partial charge in [-0.2, -0.15) is 0 Å². The van der Waals surface area contributed by atoms with Gasteiger partial charge in [0, 0.05) is 10.5 Å². The second-order valence-electron chi connectivity index (χ2n) is 5.34. The summed E-state index contributed by atoms with van der Waals surface area (Å²) in [6.45, 7) is 2.01. The van der Waals surface area contributed by atoms with Crippen molar-refractivity contribution in [3.05, 3.63) is 34.3 Å². The molecule has 0 aliphatic heterocycles. The van der Waals surface area contributed by atoms with Crippen LogP contribution in [0.1, 0.15) is 44.2 Å². The number of hydrogen-bond donors (Lipinski definition) is 2. The maximum absolute atomic E-state index is 12.3. The van der Waals surface area contributed by atoms with E-state index in [2.05, 4.69) is 21.2 Å². The summed E-state index contributed by atoms with van der Waals surface area (Å²) in [6.07, 6.45) is 4.14. The average molecular weight is 325 g/mol. The van der Waals surface area contributed by atoms with Crippen LogP contribution < -0.4 is 11.1 Å². The molecule has 1 aliphatic carbocycles. The summed E-state index contributed by atoms with van der Waals surface area (Å²) in [5.41, 5.74) is 7.16. The van der Waals surface area contributed by atoms with Crippen LogP contribution in [0.2, 0.25) is 0 Å². The highest BCUT2D eigenvalue weighted by Gasteiger charge is 2.28. The molecular formula is C15H21BrN2O. The van der Waals surface area contributed by atoms with Crippen LogP contribution in [0.15, 0.2) is 28.7 Å². The maximum Gasteiger partial charge on any atom is 0.225 e. The van der Waals surface area contributed by atoms with Crippen molar-refractivity contribution < 1.29 is 4.79 Å². The van der Waals surface area contributed by atoms with Gasteiger partial charge in [0.25, 0.3) is 0 Å². The highest BCUT2D eigenvalue weighted by Crippen LogP contribution is 2.24. The van der Waals surface area contributed by atoms with Gasteiger partial charge in [-0.05, 0) is 37.5 Å². The summed E-state index contributed by atoms with van der Waals surface area (Å²) in [6, 6.07) is 8.07. The Hall–Kier alpha value is -0.870. The van der Waals surface area contributed by atoms with Crippen LogP contribution >= 0.6 is 15.9 Å². The highest BCUT2D eigenvalue weighted by atomic mass is 79.9. The van der Waals surface area contributed by atoms with Crippen LogP contribution in [0.5, 0.6) is 0 Å². The molecule has 3 nitrogen and oxygen atoms in total. The number of amides is 1. The van der Waals surface area contributed by atoms with Crippen molar-refractivity contribution in [1.82, 2.24) is 5.32 Å². The van der Waals surface area contributed by atoms with E-state index in [4.69, 9.17) is 5.73 Å². The highest BCUT2D eigenvalue weighted by molar-refractivity contribution is 9.10. The molecular weight excluding hydrogens is 304 g/mol. The Morgan fingerprint density at radius 3 is 2.58 bits per heavy atom. The number of nitrogens with two attached hydrogens (primary N) is 1. The fourth-order valence-corrected chi connectivity index (χ4v) is 2.90. The molecule has 1 aromatic rings. The Labute approximate surface area is 123 Å². The molecule has 1 amide bonds. The standard InChI is InChI=1S/C15H21BrN2O/c1-10(11-6-8-12(16)9-7-11)18-15(19)13-4-2-3-5-14(13)17/h6-10,13-14H,2-5,17H2,1H3,(H,18,19)/t10-,13?,14?/m1/s1. The smallest absolute Gasteiger partial charge is 0.225 e. The predicted octanol–water partition coefficient (Wildman–Crippen LogP) is 3.14. The lowest BCUT2D eigenvalue weighted by Gasteiger charge is -2.28. The van der Waals surface area contributed by atoms with Crippen LogP contribution in [-0.4, -0.2) is 11.9 Å². The second kappa shape index (κ2) is 6.53. The molecule has 0 aromatic heterocycles. The van der Waals surface area contributed by atoms with E-state index >= 15 is 0 Å². The summed E-state index contributed by atoms with van der Waals surface area (Å²) >= 11 is 3.41. The number of nitrogens with one attached hydrogen (secondary N) is 1. The van der Waals surface area contributed by atoms with E-state index in [1.54, 1.807) is 0 Å². The topological polar surface area (TPSA) is 55.1 Å². The van der Waals surface area contributed by atoms with Gasteiger partial charge in [0.05, 0.1) is 12.0 Å². The number of benzene rings is 1. The number of carbonyl (C=O) groups is 1. The van der Waals surface area contributed by atoms with Gasteiger partial charge < -0.3 is 11.1 Å². The molecule has 0 radical (unpaired) electrons. The molecule has 0 saturated heterocycles. The van der Waals surface area contributed by atoms with Gasteiger partial charge in [0.2, 0.25) is 5.91 Å². The van der Waals surface area contributed by atoms with Crippen LogP contribution in [0.3, 0.4) is 0 Å². The summed E-state index contributed by atoms with van der Waals surface area (Å²) in [5.74, 6) is 0.0780. The first-order valence-electron chi connectivity index (χ1n) is 6.89. The third-order valence-electron chi connectivity index (χ3n) is 3.88. The Bertz CT molecular complexity index is 432. The molecule has 2 rings (SSSR count). The van der Waals surface area contributed by atoms with E-state index in [0.717, 1.165) is 35.7 Å². The Balaban J connectivity index is 1.96. The molecule has 3 atom stereocenters. The van der Waals surface area contributed by atoms with Gasteiger partial charge in [-0.3, -0.25) is 4.79 Å². The van der Waals surface area contributed by atoms with Crippen LogP contribution in [0.4, 0.5) is 0 Å². The molecule has 0 heterocycles. The van der Waals surface area contributed by atoms with Gasteiger partial charge in [-0.25, -0.2) is 0 Å². The number of carbonyl (C=O) groups excluding carboxylic acids is 1. The average Bonchev–Trinajstić information content (AvgIpc) is 2.39. The minimum Gasteiger partial charge on any atom is -0.349 e. The molecule has 2 unspecified atom stereocenters. The quantitative estimate of drug-likeness (QED) is 0.897. The van der Waals surface area contributed by atoms with E-state index in [9.17, 15) is 4.79 Å². The van der Waals surface area contributed by atoms with Gasteiger partial charge in [-0.15, -0.1) is 0 Å². The minimum absolute atomic E-state index is 0.0193. The Kier molecular flexibility index (Phi) is 4.99. The lowest BCUT2D eigenvalue weighted by atomic mass is 9.84. The first-order valence-corrected chi connectivity index (χ1v) is 7.68. The zero-order valence-electron chi connectivity index (χ0n) is 11.2. The van der Waals surface area contributed by atoms with Crippen molar-refractivity contribution in [1.29, 1.82) is 0 Å². The fourth-order valence-electron chi connectivity index (χ4n) is 2.64. The molecule has 0 bridgehead atoms. The van der Waals surface area contributed by atoms with Crippen molar-refractivity contribution in [2.45, 2.75) is 44.7 Å². The van der Waals surface area contributed by atoms with Crippen molar-refractivity contribution in [3.63, 3.8) is 0 Å². The van der Waals surface area contributed by atoms with Crippen LogP contribution in [-0.2, 0) is 4.79 Å². The number of rotatable bonds is 3.